The molecule has 3 unspecified atom stereocenters. The Bertz CT molecular complexity index is 253. The molecule has 0 bridgehead atoms. The Morgan fingerprint density at radius 3 is 2.93 bits per heavy atom. The highest BCUT2D eigenvalue weighted by Crippen LogP contribution is 2.16. The van der Waals surface area contributed by atoms with Crippen LogP contribution in [0.2, 0.25) is 0 Å². The first kappa shape index (κ1) is 12.5. The van der Waals surface area contributed by atoms with Gasteiger partial charge in [-0.15, -0.1) is 0 Å². The third kappa shape index (κ3) is 3.81. The molecule has 1 aliphatic rings. The van der Waals surface area contributed by atoms with Gasteiger partial charge in [-0.1, -0.05) is 24.3 Å². The Labute approximate surface area is 96.2 Å². The molecule has 4 heteroatoms. The fraction of sp³-hybridized carbons (Fsp3) is 0.545. The minimum Gasteiger partial charge on any atom is -0.325 e. The van der Waals surface area contributed by atoms with Crippen LogP contribution in [-0.4, -0.2) is 30.7 Å². The first-order valence-electron chi connectivity index (χ1n) is 5.18. The van der Waals surface area contributed by atoms with Crippen LogP contribution in [0.25, 0.3) is 0 Å². The zero-order valence-electron chi connectivity index (χ0n) is 8.67. The van der Waals surface area contributed by atoms with Crippen molar-refractivity contribution in [1.82, 2.24) is 5.32 Å². The summed E-state index contributed by atoms with van der Waals surface area (Å²) >= 11 is 4.09. The molecule has 0 heterocycles. The lowest BCUT2D eigenvalue weighted by Gasteiger charge is -2.26. The molecule has 0 saturated heterocycles. The van der Waals surface area contributed by atoms with Gasteiger partial charge in [-0.05, 0) is 12.3 Å². The van der Waals surface area contributed by atoms with Gasteiger partial charge in [0.15, 0.2) is 0 Å². The van der Waals surface area contributed by atoms with Crippen molar-refractivity contribution in [3.63, 3.8) is 0 Å². The lowest BCUT2D eigenvalue weighted by atomic mass is 9.89. The molecule has 0 aliphatic heterocycles. The maximum Gasteiger partial charge on any atom is 0.138 e. The molecule has 0 amide bonds. The predicted octanol–water partition coefficient (Wildman–Crippen LogP) is 0.533. The molecule has 0 aromatic rings. The summed E-state index contributed by atoms with van der Waals surface area (Å²) in [7, 11) is 0. The van der Waals surface area contributed by atoms with E-state index in [-0.39, 0.29) is 18.0 Å². The van der Waals surface area contributed by atoms with E-state index in [0.717, 1.165) is 12.7 Å². The monoisotopic (exact) mass is 226 g/mol. The molecule has 0 radical (unpaired) electrons. The molecule has 3 nitrogen and oxygen atoms in total. The average molecular weight is 226 g/mol. The van der Waals surface area contributed by atoms with E-state index >= 15 is 0 Å². The van der Waals surface area contributed by atoms with Crippen molar-refractivity contribution >= 4 is 18.9 Å². The molecule has 0 spiro atoms. The Morgan fingerprint density at radius 1 is 1.60 bits per heavy atom. The molecule has 3 N–H and O–H groups in total. The number of carbonyl (C=O) groups is 1. The minimum atomic E-state index is -0.279. The van der Waals surface area contributed by atoms with E-state index < -0.39 is 0 Å². The Balaban J connectivity index is 2.48. The molecule has 0 aromatic carbocycles. The molecule has 0 saturated carbocycles. The SMILES string of the molecule is NC(C1C=CC=CC1)C(C=O)NCCS. The van der Waals surface area contributed by atoms with E-state index in [1.807, 2.05) is 12.2 Å². The van der Waals surface area contributed by atoms with Crippen LogP contribution in [-0.2, 0) is 4.79 Å². The number of thiol groups is 1. The minimum absolute atomic E-state index is 0.163. The zero-order chi connectivity index (χ0) is 11.1. The van der Waals surface area contributed by atoms with E-state index in [2.05, 4.69) is 30.1 Å². The molecule has 3 atom stereocenters. The van der Waals surface area contributed by atoms with Crippen molar-refractivity contribution in [3.8, 4) is 0 Å². The second kappa shape index (κ2) is 6.82. The van der Waals surface area contributed by atoms with E-state index in [1.54, 1.807) is 0 Å². The van der Waals surface area contributed by atoms with Gasteiger partial charge in [-0.3, -0.25) is 0 Å². The number of aldehydes is 1. The van der Waals surface area contributed by atoms with Gasteiger partial charge in [-0.25, -0.2) is 0 Å². The van der Waals surface area contributed by atoms with Crippen LogP contribution in [0.4, 0.5) is 0 Å². The van der Waals surface area contributed by atoms with Crippen LogP contribution < -0.4 is 11.1 Å². The van der Waals surface area contributed by atoms with Gasteiger partial charge in [-0.2, -0.15) is 12.6 Å². The summed E-state index contributed by atoms with van der Waals surface area (Å²) in [5.41, 5.74) is 6.04. The van der Waals surface area contributed by atoms with E-state index in [0.29, 0.717) is 12.3 Å². The Kier molecular flexibility index (Phi) is 5.68. The van der Waals surface area contributed by atoms with Crippen LogP contribution >= 0.6 is 12.6 Å². The number of nitrogens with one attached hydrogen (secondary N) is 1. The number of rotatable bonds is 6. The molecule has 0 aromatic heterocycles. The van der Waals surface area contributed by atoms with Crippen LogP contribution in [0.5, 0.6) is 0 Å². The number of hydrogen-bond acceptors (Lipinski definition) is 4. The van der Waals surface area contributed by atoms with Gasteiger partial charge in [0.05, 0.1) is 6.04 Å². The summed E-state index contributed by atoms with van der Waals surface area (Å²) in [4.78, 5) is 10.9. The smallest absolute Gasteiger partial charge is 0.138 e. The lowest BCUT2D eigenvalue weighted by Crippen LogP contribution is -2.50. The van der Waals surface area contributed by atoms with E-state index in [9.17, 15) is 4.79 Å². The van der Waals surface area contributed by atoms with Gasteiger partial charge >= 0.3 is 0 Å². The summed E-state index contributed by atoms with van der Waals surface area (Å²) < 4.78 is 0. The van der Waals surface area contributed by atoms with Crippen molar-refractivity contribution in [2.24, 2.45) is 11.7 Å². The molecule has 0 fully saturated rings. The standard InChI is InChI=1S/C11H18N2OS/c12-11(9-4-2-1-3-5-9)10(8-14)13-6-7-15/h1-4,8-11,13,15H,5-7,12H2. The summed E-state index contributed by atoms with van der Waals surface area (Å²) in [6.07, 6.45) is 9.91. The Morgan fingerprint density at radius 2 is 2.40 bits per heavy atom. The zero-order valence-corrected chi connectivity index (χ0v) is 9.57. The quantitative estimate of drug-likeness (QED) is 0.457. The lowest BCUT2D eigenvalue weighted by molar-refractivity contribution is -0.110. The molecule has 1 rings (SSSR count). The third-order valence-corrected chi connectivity index (χ3v) is 2.78. The topological polar surface area (TPSA) is 55.1 Å². The fourth-order valence-corrected chi connectivity index (χ4v) is 1.79. The molecule has 15 heavy (non-hydrogen) atoms. The average Bonchev–Trinajstić information content (AvgIpc) is 2.31. The number of carbonyl (C=O) groups excluding carboxylic acids is 1. The van der Waals surface area contributed by atoms with Gasteiger partial charge in [0.1, 0.15) is 6.29 Å². The third-order valence-electron chi connectivity index (χ3n) is 2.56. The first-order chi connectivity index (χ1) is 7.29. The van der Waals surface area contributed by atoms with Gasteiger partial charge in [0.2, 0.25) is 0 Å². The molecule has 1 aliphatic carbocycles. The summed E-state index contributed by atoms with van der Waals surface area (Å²) in [5, 5.41) is 3.09. The molecular weight excluding hydrogens is 208 g/mol. The molecular formula is C11H18N2OS. The highest BCUT2D eigenvalue weighted by atomic mass is 32.1. The van der Waals surface area contributed by atoms with Gasteiger partial charge in [0.25, 0.3) is 0 Å². The predicted molar refractivity (Wildman–Crippen MR) is 66.1 cm³/mol. The van der Waals surface area contributed by atoms with Crippen LogP contribution in [0.1, 0.15) is 6.42 Å². The van der Waals surface area contributed by atoms with Gasteiger partial charge < -0.3 is 15.8 Å². The highest BCUT2D eigenvalue weighted by molar-refractivity contribution is 7.80. The second-order valence-electron chi connectivity index (χ2n) is 3.63. The number of allylic oxidation sites excluding steroid dienone is 3. The van der Waals surface area contributed by atoms with Gasteiger partial charge in [0, 0.05) is 18.3 Å². The van der Waals surface area contributed by atoms with E-state index in [4.69, 9.17) is 5.73 Å². The van der Waals surface area contributed by atoms with Crippen LogP contribution in [0.3, 0.4) is 0 Å². The van der Waals surface area contributed by atoms with E-state index in [1.165, 1.54) is 0 Å². The van der Waals surface area contributed by atoms with Crippen LogP contribution in [0.15, 0.2) is 24.3 Å². The first-order valence-corrected chi connectivity index (χ1v) is 5.81. The fourth-order valence-electron chi connectivity index (χ4n) is 1.66. The normalized spacial score (nSPS) is 23.7. The van der Waals surface area contributed by atoms with Crippen molar-refractivity contribution in [3.05, 3.63) is 24.3 Å². The Hall–Kier alpha value is -0.580. The maximum absolute atomic E-state index is 10.9. The molecule has 84 valence electrons. The number of nitrogens with two attached hydrogens (primary N) is 1. The number of hydrogen-bond donors (Lipinski definition) is 3. The van der Waals surface area contributed by atoms with Crippen molar-refractivity contribution in [2.45, 2.75) is 18.5 Å². The summed E-state index contributed by atoms with van der Waals surface area (Å²) in [6.45, 7) is 0.701. The summed E-state index contributed by atoms with van der Waals surface area (Å²) in [5.74, 6) is 0.954. The largest absolute Gasteiger partial charge is 0.325 e. The van der Waals surface area contributed by atoms with Crippen LogP contribution in [0, 0.1) is 5.92 Å². The second-order valence-corrected chi connectivity index (χ2v) is 4.08. The van der Waals surface area contributed by atoms with Crippen molar-refractivity contribution < 1.29 is 4.79 Å². The van der Waals surface area contributed by atoms with Crippen molar-refractivity contribution in [1.29, 1.82) is 0 Å². The summed E-state index contributed by atoms with van der Waals surface area (Å²) in [6, 6.07) is -0.443. The maximum atomic E-state index is 10.9. The van der Waals surface area contributed by atoms with Crippen molar-refractivity contribution in [2.75, 3.05) is 12.3 Å². The highest BCUT2D eigenvalue weighted by Gasteiger charge is 2.23.